The molecule has 0 fully saturated rings. The molecule has 4 aromatic rings. The van der Waals surface area contributed by atoms with Gasteiger partial charge in [0.25, 0.3) is 0 Å². The fourth-order valence-electron chi connectivity index (χ4n) is 3.48. The average Bonchev–Trinajstić information content (AvgIpc) is 2.91. The van der Waals surface area contributed by atoms with Crippen molar-refractivity contribution in [2.45, 2.75) is 0 Å². The molecular formula is C24H14N4O8Se2. The molecule has 0 unspecified atom stereocenters. The number of rotatable bonds is 9. The Morgan fingerprint density at radius 1 is 0.421 bits per heavy atom. The Morgan fingerprint density at radius 2 is 0.711 bits per heavy atom. The maximum absolute atomic E-state index is 11.4. The minimum atomic E-state index is -0.518. The third kappa shape index (κ3) is 5.90. The third-order valence-electron chi connectivity index (χ3n) is 5.35. The second-order valence-electron chi connectivity index (χ2n) is 7.65. The summed E-state index contributed by atoms with van der Waals surface area (Å²) in [5, 5.41) is 44.9. The van der Waals surface area contributed by atoms with Crippen molar-refractivity contribution in [2.75, 3.05) is 0 Å². The van der Waals surface area contributed by atoms with E-state index in [0.717, 1.165) is 0 Å². The third-order valence-corrected chi connectivity index (χ3v) is 12.5. The number of non-ortho nitro benzene ring substituents is 4. The van der Waals surface area contributed by atoms with Crippen molar-refractivity contribution in [3.8, 4) is 22.3 Å². The van der Waals surface area contributed by atoms with Gasteiger partial charge in [-0.2, -0.15) is 0 Å². The van der Waals surface area contributed by atoms with Crippen LogP contribution < -0.4 is 8.92 Å². The Balaban J connectivity index is 1.74. The summed E-state index contributed by atoms with van der Waals surface area (Å²) in [6.07, 6.45) is 0. The van der Waals surface area contributed by atoms with E-state index in [1.54, 1.807) is 36.4 Å². The van der Waals surface area contributed by atoms with Crippen LogP contribution in [0.4, 0.5) is 22.7 Å². The van der Waals surface area contributed by atoms with E-state index in [1.165, 1.54) is 48.5 Å². The zero-order valence-corrected chi connectivity index (χ0v) is 22.4. The maximum atomic E-state index is 11.4. The molecule has 4 rings (SSSR count). The van der Waals surface area contributed by atoms with Crippen molar-refractivity contribution in [3.63, 3.8) is 0 Å². The molecule has 0 heterocycles. The van der Waals surface area contributed by atoms with Gasteiger partial charge in [-0.05, 0) is 0 Å². The van der Waals surface area contributed by atoms with Crippen molar-refractivity contribution in [2.24, 2.45) is 0 Å². The SMILES string of the molecule is O=[N+]([O-])c1ccc(-c2ccc([N+](=O)[O-])cc2[Se][Se]c2cc([N+](=O)[O-])ccc2-c2ccc([N+](=O)[O-])cc2)cc1. The zero-order chi connectivity index (χ0) is 27.4. The first-order chi connectivity index (χ1) is 18.1. The Bertz CT molecular complexity index is 1460. The molecule has 4 aromatic carbocycles. The van der Waals surface area contributed by atoms with E-state index >= 15 is 0 Å². The Hall–Kier alpha value is -4.48. The molecule has 0 amide bonds. The molecule has 38 heavy (non-hydrogen) atoms. The van der Waals surface area contributed by atoms with Crippen LogP contribution in [0.15, 0.2) is 84.9 Å². The molecule has 0 aromatic heterocycles. The minimum absolute atomic E-state index is 0.0868. The fraction of sp³-hybridized carbons (Fsp3) is 0. The normalized spacial score (nSPS) is 10.6. The zero-order valence-electron chi connectivity index (χ0n) is 19.0. The molecule has 0 saturated heterocycles. The second kappa shape index (κ2) is 11.3. The molecule has 0 N–H and O–H groups in total. The fourth-order valence-corrected chi connectivity index (χ4v) is 10.7. The van der Waals surface area contributed by atoms with Gasteiger partial charge in [-0.25, -0.2) is 0 Å². The summed E-state index contributed by atoms with van der Waals surface area (Å²) in [7, 11) is 0. The van der Waals surface area contributed by atoms with Crippen molar-refractivity contribution >= 4 is 57.9 Å². The summed E-state index contributed by atoms with van der Waals surface area (Å²) in [5.74, 6) is 0. The van der Waals surface area contributed by atoms with Crippen LogP contribution in [0.1, 0.15) is 0 Å². The number of nitro benzene ring substituents is 4. The average molecular weight is 644 g/mol. The van der Waals surface area contributed by atoms with Gasteiger partial charge in [0.2, 0.25) is 0 Å². The molecule has 0 atom stereocenters. The molecular weight excluding hydrogens is 630 g/mol. The van der Waals surface area contributed by atoms with Gasteiger partial charge in [-0.3, -0.25) is 0 Å². The van der Waals surface area contributed by atoms with Gasteiger partial charge in [-0.15, -0.1) is 0 Å². The Morgan fingerprint density at radius 3 is 1.00 bits per heavy atom. The Kier molecular flexibility index (Phi) is 7.89. The van der Waals surface area contributed by atoms with E-state index in [1.807, 2.05) is 0 Å². The number of hydrogen-bond acceptors (Lipinski definition) is 8. The van der Waals surface area contributed by atoms with E-state index in [9.17, 15) is 40.5 Å². The van der Waals surface area contributed by atoms with Crippen molar-refractivity contribution < 1.29 is 19.7 Å². The molecule has 0 aliphatic carbocycles. The van der Waals surface area contributed by atoms with Crippen LogP contribution in [0.3, 0.4) is 0 Å². The van der Waals surface area contributed by atoms with Crippen molar-refractivity contribution in [1.29, 1.82) is 0 Å². The van der Waals surface area contributed by atoms with Crippen molar-refractivity contribution in [3.05, 3.63) is 125 Å². The van der Waals surface area contributed by atoms with Gasteiger partial charge in [0, 0.05) is 0 Å². The van der Waals surface area contributed by atoms with Gasteiger partial charge in [-0.1, -0.05) is 0 Å². The summed E-state index contributed by atoms with van der Waals surface area (Å²) >= 11 is -0.776. The van der Waals surface area contributed by atoms with Crippen LogP contribution in [0, 0.1) is 40.5 Å². The van der Waals surface area contributed by atoms with Crippen LogP contribution in [0.2, 0.25) is 0 Å². The van der Waals surface area contributed by atoms with Gasteiger partial charge in [0.1, 0.15) is 0 Å². The monoisotopic (exact) mass is 646 g/mol. The molecule has 0 bridgehead atoms. The van der Waals surface area contributed by atoms with Crippen LogP contribution in [0.25, 0.3) is 22.3 Å². The number of nitro groups is 4. The van der Waals surface area contributed by atoms with E-state index < -0.39 is 19.7 Å². The van der Waals surface area contributed by atoms with Gasteiger partial charge < -0.3 is 0 Å². The molecule has 12 nitrogen and oxygen atoms in total. The van der Waals surface area contributed by atoms with E-state index in [2.05, 4.69) is 0 Å². The Labute approximate surface area is 224 Å². The first kappa shape index (κ1) is 26.6. The molecule has 190 valence electrons. The number of nitrogens with zero attached hydrogens (tertiary/aromatic N) is 4. The topological polar surface area (TPSA) is 173 Å². The van der Waals surface area contributed by atoms with Crippen LogP contribution in [-0.4, -0.2) is 46.0 Å². The second-order valence-corrected chi connectivity index (χ2v) is 13.8. The molecule has 0 aliphatic heterocycles. The summed E-state index contributed by atoms with van der Waals surface area (Å²) < 4.78 is 1.34. The first-order valence-corrected chi connectivity index (χ1v) is 16.6. The molecule has 0 aliphatic rings. The van der Waals surface area contributed by atoms with Crippen LogP contribution in [-0.2, 0) is 0 Å². The number of hydrogen-bond donors (Lipinski definition) is 0. The quantitative estimate of drug-likeness (QED) is 0.150. The standard InChI is InChI=1S/C24H14N4O8Se2/c29-25(30)17-5-1-15(2-6-17)21-11-9-19(27(33)34)13-23(21)37-38-24-14-20(28(35)36)10-12-22(24)16-3-7-18(8-4-16)26(31)32/h1-14H. The van der Waals surface area contributed by atoms with E-state index in [4.69, 9.17) is 0 Å². The molecule has 0 spiro atoms. The van der Waals surface area contributed by atoms with Gasteiger partial charge >= 0.3 is 225 Å². The number of benzene rings is 4. The van der Waals surface area contributed by atoms with Gasteiger partial charge in [0.05, 0.1) is 0 Å². The van der Waals surface area contributed by atoms with E-state index in [0.29, 0.717) is 31.2 Å². The van der Waals surface area contributed by atoms with E-state index in [-0.39, 0.29) is 49.0 Å². The van der Waals surface area contributed by atoms with Crippen LogP contribution >= 0.6 is 0 Å². The first-order valence-electron chi connectivity index (χ1n) is 10.5. The predicted octanol–water partition coefficient (Wildman–Crippen LogP) is 3.93. The summed E-state index contributed by atoms with van der Waals surface area (Å²) in [6.45, 7) is 0. The van der Waals surface area contributed by atoms with Crippen molar-refractivity contribution in [1.82, 2.24) is 0 Å². The predicted molar refractivity (Wildman–Crippen MR) is 141 cm³/mol. The molecule has 0 saturated carbocycles. The molecule has 0 radical (unpaired) electrons. The van der Waals surface area contributed by atoms with Gasteiger partial charge in [0.15, 0.2) is 0 Å². The van der Waals surface area contributed by atoms with Crippen LogP contribution in [0.5, 0.6) is 0 Å². The molecule has 14 heteroatoms. The summed E-state index contributed by atoms with van der Waals surface area (Å²) in [6, 6.07) is 20.5. The summed E-state index contributed by atoms with van der Waals surface area (Å²) in [4.78, 5) is 42.9. The summed E-state index contributed by atoms with van der Waals surface area (Å²) in [5.41, 5.74) is 2.24.